The monoisotopic (exact) mass is 912 g/mol. The van der Waals surface area contributed by atoms with Gasteiger partial charge in [-0.1, -0.05) is 143 Å². The predicted octanol–water partition coefficient (Wildman–Crippen LogP) is 12.4. The summed E-state index contributed by atoms with van der Waals surface area (Å²) in [6.07, 6.45) is 3.71. The zero-order chi connectivity index (χ0) is 39.7. The molecular formula is C49H43IrN3OSi-2. The molecule has 5 aromatic carbocycles. The second-order valence-electron chi connectivity index (χ2n) is 14.6. The normalized spacial score (nSPS) is 13.0. The van der Waals surface area contributed by atoms with E-state index in [-0.39, 0.29) is 20.1 Å². The van der Waals surface area contributed by atoms with Crippen LogP contribution in [0.5, 0.6) is 0 Å². The second kappa shape index (κ2) is 16.9. The minimum atomic E-state index is -1.57. The van der Waals surface area contributed by atoms with Gasteiger partial charge in [-0.15, -0.1) is 47.5 Å². The van der Waals surface area contributed by atoms with Crippen molar-refractivity contribution in [3.05, 3.63) is 174 Å². The number of benzene rings is 5. The molecule has 0 bridgehead atoms. The van der Waals surface area contributed by atoms with Gasteiger partial charge in [0.05, 0.1) is 13.7 Å². The van der Waals surface area contributed by atoms with E-state index in [2.05, 4.69) is 73.2 Å². The van der Waals surface area contributed by atoms with Crippen LogP contribution in [0.15, 0.2) is 144 Å². The molecule has 275 valence electrons. The average Bonchev–Trinajstić information content (AvgIpc) is 3.61. The number of rotatable bonds is 7. The van der Waals surface area contributed by atoms with Crippen molar-refractivity contribution >= 4 is 35.2 Å². The van der Waals surface area contributed by atoms with E-state index in [1.54, 1.807) is 12.3 Å². The van der Waals surface area contributed by atoms with Crippen LogP contribution in [0.3, 0.4) is 0 Å². The largest absolute Gasteiger partial charge is 0.501 e. The number of aromatic nitrogens is 2. The first-order valence-electron chi connectivity index (χ1n) is 19.1. The summed E-state index contributed by atoms with van der Waals surface area (Å²) in [5.74, 6) is -1.58. The molecule has 1 unspecified atom stereocenters. The number of nitriles is 1. The number of furan rings is 1. The van der Waals surface area contributed by atoms with Gasteiger partial charge in [-0.3, -0.25) is 0 Å². The molecule has 6 heteroatoms. The maximum atomic E-state index is 9.60. The molecule has 0 spiro atoms. The number of fused-ring (bicyclic) bond motifs is 3. The summed E-state index contributed by atoms with van der Waals surface area (Å²) >= 11 is 0. The van der Waals surface area contributed by atoms with E-state index >= 15 is 0 Å². The van der Waals surface area contributed by atoms with E-state index in [9.17, 15) is 5.26 Å². The van der Waals surface area contributed by atoms with Crippen molar-refractivity contribution in [3.63, 3.8) is 0 Å². The summed E-state index contributed by atoms with van der Waals surface area (Å²) in [5.41, 5.74) is 10.2. The topological polar surface area (TPSA) is 62.7 Å². The molecule has 3 aromatic heterocycles. The fourth-order valence-electron chi connectivity index (χ4n) is 6.74. The van der Waals surface area contributed by atoms with Crippen molar-refractivity contribution in [2.75, 3.05) is 0 Å². The Balaban J connectivity index is 0.000000192. The van der Waals surface area contributed by atoms with Crippen LogP contribution in [0.2, 0.25) is 19.6 Å². The Morgan fingerprint density at radius 1 is 0.764 bits per heavy atom. The van der Waals surface area contributed by atoms with E-state index in [0.29, 0.717) is 22.4 Å². The Kier molecular flexibility index (Phi) is 11.2. The minimum Gasteiger partial charge on any atom is -0.501 e. The number of hydrogen-bond acceptors (Lipinski definition) is 4. The SMILES string of the molecule is [2H]C(C)(C)c1cc(-c2[c-]ccc(-c3ccccc3)c2)ncc1[Si](C)(C)C.[2H]C(C)(c1ccccc1)c1ccnc(-c2[c-]cc(C#N)c3c2oc2ccccc23)c1.[Ir]. The Labute approximate surface area is 342 Å². The molecule has 1 radical (unpaired) electrons. The van der Waals surface area contributed by atoms with Crippen LogP contribution in [-0.2, 0) is 20.1 Å². The van der Waals surface area contributed by atoms with Gasteiger partial charge in [-0.25, -0.2) is 5.26 Å². The Hall–Kier alpha value is -5.44. The van der Waals surface area contributed by atoms with Gasteiger partial charge in [-0.05, 0) is 62.2 Å². The maximum absolute atomic E-state index is 9.60. The van der Waals surface area contributed by atoms with Crippen LogP contribution < -0.4 is 5.19 Å². The zero-order valence-electron chi connectivity index (χ0n) is 33.9. The van der Waals surface area contributed by atoms with Crippen molar-refractivity contribution in [3.8, 4) is 39.7 Å². The number of pyridine rings is 2. The van der Waals surface area contributed by atoms with Gasteiger partial charge >= 0.3 is 0 Å². The fourth-order valence-corrected chi connectivity index (χ4v) is 8.33. The van der Waals surface area contributed by atoms with Crippen molar-refractivity contribution in [1.29, 1.82) is 5.26 Å². The summed E-state index contributed by atoms with van der Waals surface area (Å²) < 4.78 is 23.7. The first-order chi connectivity index (χ1) is 26.8. The smallest absolute Gasteiger partial charge is 0.120 e. The zero-order valence-corrected chi connectivity index (χ0v) is 35.3. The van der Waals surface area contributed by atoms with Crippen molar-refractivity contribution in [2.45, 2.75) is 52.2 Å². The van der Waals surface area contributed by atoms with Gasteiger partial charge in [0.2, 0.25) is 0 Å². The molecule has 4 nitrogen and oxygen atoms in total. The Morgan fingerprint density at radius 2 is 1.47 bits per heavy atom. The molecule has 0 N–H and O–H groups in total. The van der Waals surface area contributed by atoms with Crippen molar-refractivity contribution in [2.24, 2.45) is 0 Å². The predicted molar refractivity (Wildman–Crippen MR) is 225 cm³/mol. The summed E-state index contributed by atoms with van der Waals surface area (Å²) in [6.45, 7) is 12.7. The average molecular weight is 912 g/mol. The molecule has 0 aliphatic heterocycles. The third-order valence-corrected chi connectivity index (χ3v) is 11.7. The molecule has 8 rings (SSSR count). The quantitative estimate of drug-likeness (QED) is 0.118. The van der Waals surface area contributed by atoms with Crippen molar-refractivity contribution < 1.29 is 27.3 Å². The van der Waals surface area contributed by atoms with E-state index < -0.39 is 19.9 Å². The Bertz CT molecular complexity index is 2710. The molecule has 0 saturated carbocycles. The van der Waals surface area contributed by atoms with Crippen molar-refractivity contribution in [1.82, 2.24) is 9.97 Å². The van der Waals surface area contributed by atoms with E-state index in [0.717, 1.165) is 49.9 Å². The minimum absolute atomic E-state index is 0. The standard InChI is InChI=1S/C26H17N2O.C23H26NSi.Ir/c1-17(18-7-3-2-4-8-18)19-13-14-28-23(15-19)21-12-11-20(16-27)25-22-9-5-6-10-24(22)29-26(21)25;1-17(2)21-15-22(24-16-23(21)25(3,4)5)20-13-9-12-19(14-20)18-10-7-6-8-11-18;/h2-11,13-15,17H,1H3;6-12,14-17H,1-5H3;/q2*-1;/i2*17D;. The van der Waals surface area contributed by atoms with Crippen LogP contribution >= 0.6 is 0 Å². The molecule has 0 amide bonds. The van der Waals surface area contributed by atoms with Gasteiger partial charge in [0.25, 0.3) is 0 Å². The van der Waals surface area contributed by atoms with Gasteiger partial charge < -0.3 is 14.4 Å². The molecule has 0 aliphatic rings. The third-order valence-electron chi connectivity index (χ3n) is 9.66. The first kappa shape index (κ1) is 36.5. The summed E-state index contributed by atoms with van der Waals surface area (Å²) in [4.78, 5) is 9.28. The molecular weight excluding hydrogens is 867 g/mol. The maximum Gasteiger partial charge on any atom is 0.120 e. The Morgan fingerprint density at radius 3 is 2.18 bits per heavy atom. The summed E-state index contributed by atoms with van der Waals surface area (Å²) in [5, 5.41) is 12.5. The van der Waals surface area contributed by atoms with Crippen LogP contribution in [0.1, 0.15) is 57.6 Å². The third kappa shape index (κ3) is 8.46. The summed E-state index contributed by atoms with van der Waals surface area (Å²) in [7, 11) is -1.57. The number of nitrogens with zero attached hydrogens (tertiary/aromatic N) is 3. The first-order valence-corrected chi connectivity index (χ1v) is 21.6. The molecule has 1 atom stereocenters. The van der Waals surface area contributed by atoms with Gasteiger partial charge in [0.15, 0.2) is 0 Å². The molecule has 8 aromatic rings. The molecule has 0 saturated heterocycles. The molecule has 0 fully saturated rings. The van der Waals surface area contributed by atoms with E-state index in [1.807, 2.05) is 118 Å². The second-order valence-corrected chi connectivity index (χ2v) is 19.7. The summed E-state index contributed by atoms with van der Waals surface area (Å²) in [6, 6.07) is 50.2. The van der Waals surface area contributed by atoms with Crippen LogP contribution in [0, 0.1) is 23.5 Å². The molecule has 0 aliphatic carbocycles. The van der Waals surface area contributed by atoms with Gasteiger partial charge in [0.1, 0.15) is 5.58 Å². The number of hydrogen-bond donors (Lipinski definition) is 0. The van der Waals surface area contributed by atoms with Gasteiger partial charge in [-0.2, -0.15) is 0 Å². The van der Waals surface area contributed by atoms with Gasteiger partial charge in [0, 0.05) is 52.6 Å². The van der Waals surface area contributed by atoms with E-state index in [4.69, 9.17) is 12.1 Å². The van der Waals surface area contributed by atoms with Crippen LogP contribution in [-0.4, -0.2) is 18.0 Å². The van der Waals surface area contributed by atoms with Crippen LogP contribution in [0.25, 0.3) is 55.6 Å². The fraction of sp³-hybridized carbons (Fsp3) is 0.163. The molecule has 3 heterocycles. The molecule has 55 heavy (non-hydrogen) atoms. The number of para-hydroxylation sites is 1. The van der Waals surface area contributed by atoms with Crippen LogP contribution in [0.4, 0.5) is 0 Å². The van der Waals surface area contributed by atoms with E-state index in [1.165, 1.54) is 10.8 Å².